The van der Waals surface area contributed by atoms with Crippen molar-refractivity contribution in [3.8, 4) is 6.07 Å². The van der Waals surface area contributed by atoms with Gasteiger partial charge in [0.1, 0.15) is 6.07 Å². The van der Waals surface area contributed by atoms with Crippen molar-refractivity contribution in [3.63, 3.8) is 0 Å². The molecule has 1 aliphatic rings. The van der Waals surface area contributed by atoms with E-state index in [-0.39, 0.29) is 5.91 Å². The van der Waals surface area contributed by atoms with Crippen molar-refractivity contribution in [2.75, 3.05) is 25.0 Å². The van der Waals surface area contributed by atoms with E-state index in [1.807, 2.05) is 6.07 Å². The number of nitrogens with zero attached hydrogens (tertiary/aromatic N) is 2. The Morgan fingerprint density at radius 3 is 3.00 bits per heavy atom. The average Bonchev–Trinajstić information content (AvgIpc) is 2.50. The number of rotatable bonds is 5. The van der Waals surface area contributed by atoms with Gasteiger partial charge in [-0.1, -0.05) is 18.6 Å². The van der Waals surface area contributed by atoms with E-state index >= 15 is 0 Å². The summed E-state index contributed by atoms with van der Waals surface area (Å²) in [5, 5.41) is 11.9. The van der Waals surface area contributed by atoms with Crippen LogP contribution in [0.2, 0.25) is 0 Å². The number of nitrogens with one attached hydrogen (secondary N) is 1. The van der Waals surface area contributed by atoms with E-state index in [0.717, 1.165) is 25.8 Å². The Bertz CT molecular complexity index is 521. The molecule has 1 atom stereocenters. The van der Waals surface area contributed by atoms with Gasteiger partial charge in [-0.15, -0.1) is 0 Å². The van der Waals surface area contributed by atoms with Crippen molar-refractivity contribution in [1.82, 2.24) is 4.90 Å². The molecule has 0 aliphatic carbocycles. The maximum absolute atomic E-state index is 12.2. The molecule has 1 aliphatic heterocycles. The highest BCUT2D eigenvalue weighted by Crippen LogP contribution is 2.19. The van der Waals surface area contributed by atoms with Crippen molar-refractivity contribution < 1.29 is 4.79 Å². The van der Waals surface area contributed by atoms with Gasteiger partial charge in [0.2, 0.25) is 5.91 Å². The molecule has 1 unspecified atom stereocenters. The van der Waals surface area contributed by atoms with Gasteiger partial charge in [-0.25, -0.2) is 0 Å². The van der Waals surface area contributed by atoms with E-state index in [1.165, 1.54) is 6.42 Å². The molecule has 21 heavy (non-hydrogen) atoms. The number of para-hydroxylation sites is 1. The lowest BCUT2D eigenvalue weighted by molar-refractivity contribution is -0.118. The monoisotopic (exact) mass is 286 g/mol. The number of amides is 1. The second-order valence-electron chi connectivity index (χ2n) is 5.40. The normalized spacial score (nSPS) is 19.0. The first-order valence-electron chi connectivity index (χ1n) is 7.47. The fraction of sp³-hybridized carbons (Fsp3) is 0.500. The summed E-state index contributed by atoms with van der Waals surface area (Å²) in [4.78, 5) is 14.4. The second-order valence-corrected chi connectivity index (χ2v) is 5.40. The van der Waals surface area contributed by atoms with Crippen LogP contribution in [0.3, 0.4) is 0 Å². The fourth-order valence-electron chi connectivity index (χ4n) is 2.85. The maximum Gasteiger partial charge on any atom is 0.238 e. The molecule has 1 aromatic rings. The molecule has 112 valence electrons. The predicted molar refractivity (Wildman–Crippen MR) is 82.7 cm³/mol. The van der Waals surface area contributed by atoms with Crippen LogP contribution in [0, 0.1) is 11.3 Å². The molecule has 5 heteroatoms. The number of carbonyl (C=O) groups excluding carboxylic acids is 1. The summed E-state index contributed by atoms with van der Waals surface area (Å²) in [6, 6.07) is 9.55. The minimum absolute atomic E-state index is 0.0679. The van der Waals surface area contributed by atoms with E-state index in [1.54, 1.807) is 18.2 Å². The number of anilines is 1. The molecule has 1 amide bonds. The summed E-state index contributed by atoms with van der Waals surface area (Å²) >= 11 is 0. The van der Waals surface area contributed by atoms with Crippen molar-refractivity contribution >= 4 is 11.6 Å². The van der Waals surface area contributed by atoms with Gasteiger partial charge in [0.05, 0.1) is 17.8 Å². The standard InChI is InChI=1S/C16H22N4O/c17-9-8-14-6-3-4-10-20(14)12-16(21)19-15-7-2-1-5-13(15)11-18/h1-2,5,7,14H,3-4,6,8-10,12,17H2,(H,19,21). The van der Waals surface area contributed by atoms with E-state index in [9.17, 15) is 4.79 Å². The fourth-order valence-corrected chi connectivity index (χ4v) is 2.85. The third-order valence-electron chi connectivity index (χ3n) is 3.92. The van der Waals surface area contributed by atoms with E-state index < -0.39 is 0 Å². The van der Waals surface area contributed by atoms with Crippen LogP contribution in [-0.4, -0.2) is 36.5 Å². The lowest BCUT2D eigenvalue weighted by Crippen LogP contribution is -2.44. The molecule has 1 fully saturated rings. The van der Waals surface area contributed by atoms with Gasteiger partial charge in [-0.3, -0.25) is 9.69 Å². The Hall–Kier alpha value is -1.90. The Morgan fingerprint density at radius 2 is 2.24 bits per heavy atom. The minimum atomic E-state index is -0.0679. The second kappa shape index (κ2) is 7.77. The van der Waals surface area contributed by atoms with Crippen LogP contribution in [0.15, 0.2) is 24.3 Å². The molecular weight excluding hydrogens is 264 g/mol. The number of likely N-dealkylation sites (tertiary alicyclic amines) is 1. The lowest BCUT2D eigenvalue weighted by atomic mass is 9.99. The molecule has 1 heterocycles. The zero-order chi connectivity index (χ0) is 15.1. The third kappa shape index (κ3) is 4.28. The van der Waals surface area contributed by atoms with Gasteiger partial charge < -0.3 is 11.1 Å². The smallest absolute Gasteiger partial charge is 0.238 e. The first kappa shape index (κ1) is 15.5. The van der Waals surface area contributed by atoms with Crippen LogP contribution in [0.5, 0.6) is 0 Å². The van der Waals surface area contributed by atoms with E-state index in [0.29, 0.717) is 30.4 Å². The van der Waals surface area contributed by atoms with Gasteiger partial charge in [0.15, 0.2) is 0 Å². The van der Waals surface area contributed by atoms with Gasteiger partial charge in [-0.05, 0) is 44.5 Å². The Morgan fingerprint density at radius 1 is 1.43 bits per heavy atom. The van der Waals surface area contributed by atoms with Crippen LogP contribution in [0.1, 0.15) is 31.2 Å². The van der Waals surface area contributed by atoms with Gasteiger partial charge >= 0.3 is 0 Å². The van der Waals surface area contributed by atoms with Crippen LogP contribution in [0.25, 0.3) is 0 Å². The van der Waals surface area contributed by atoms with Crippen molar-refractivity contribution in [3.05, 3.63) is 29.8 Å². The van der Waals surface area contributed by atoms with Crippen LogP contribution >= 0.6 is 0 Å². The van der Waals surface area contributed by atoms with Gasteiger partial charge in [-0.2, -0.15) is 5.26 Å². The molecule has 2 rings (SSSR count). The highest BCUT2D eigenvalue weighted by atomic mass is 16.2. The van der Waals surface area contributed by atoms with Crippen LogP contribution in [-0.2, 0) is 4.79 Å². The number of piperidine rings is 1. The molecule has 0 radical (unpaired) electrons. The quantitative estimate of drug-likeness (QED) is 0.863. The SMILES string of the molecule is N#Cc1ccccc1NC(=O)CN1CCCCC1CCN. The minimum Gasteiger partial charge on any atom is -0.330 e. The Kier molecular flexibility index (Phi) is 5.73. The van der Waals surface area contributed by atoms with Crippen molar-refractivity contribution in [2.24, 2.45) is 5.73 Å². The highest BCUT2D eigenvalue weighted by Gasteiger charge is 2.23. The first-order chi connectivity index (χ1) is 10.2. The molecule has 3 N–H and O–H groups in total. The highest BCUT2D eigenvalue weighted by molar-refractivity contribution is 5.93. The lowest BCUT2D eigenvalue weighted by Gasteiger charge is -2.35. The Labute approximate surface area is 125 Å². The van der Waals surface area contributed by atoms with E-state index in [4.69, 9.17) is 11.0 Å². The maximum atomic E-state index is 12.2. The largest absolute Gasteiger partial charge is 0.330 e. The van der Waals surface area contributed by atoms with Crippen LogP contribution in [0.4, 0.5) is 5.69 Å². The number of benzene rings is 1. The molecule has 0 saturated carbocycles. The molecule has 1 saturated heterocycles. The summed E-state index contributed by atoms with van der Waals surface area (Å²) < 4.78 is 0. The summed E-state index contributed by atoms with van der Waals surface area (Å²) in [5.41, 5.74) is 6.72. The molecule has 1 aromatic carbocycles. The number of hydrogen-bond donors (Lipinski definition) is 2. The number of carbonyl (C=O) groups is 1. The number of nitrogens with two attached hydrogens (primary N) is 1. The predicted octanol–water partition coefficient (Wildman–Crippen LogP) is 1.70. The van der Waals surface area contributed by atoms with Gasteiger partial charge in [0, 0.05) is 6.04 Å². The molecular formula is C16H22N4O. The zero-order valence-electron chi connectivity index (χ0n) is 12.2. The van der Waals surface area contributed by atoms with Gasteiger partial charge in [0.25, 0.3) is 0 Å². The number of nitriles is 1. The third-order valence-corrected chi connectivity index (χ3v) is 3.92. The Balaban J connectivity index is 1.96. The summed E-state index contributed by atoms with van der Waals surface area (Å²) in [6.45, 7) is 1.96. The molecule has 0 spiro atoms. The average molecular weight is 286 g/mol. The van der Waals surface area contributed by atoms with Crippen molar-refractivity contribution in [1.29, 1.82) is 5.26 Å². The summed E-state index contributed by atoms with van der Waals surface area (Å²) in [6.07, 6.45) is 4.38. The van der Waals surface area contributed by atoms with Crippen molar-refractivity contribution in [2.45, 2.75) is 31.7 Å². The molecule has 0 aromatic heterocycles. The molecule has 0 bridgehead atoms. The molecule has 5 nitrogen and oxygen atoms in total. The van der Waals surface area contributed by atoms with Crippen LogP contribution < -0.4 is 11.1 Å². The summed E-state index contributed by atoms with van der Waals surface area (Å²) in [7, 11) is 0. The van der Waals surface area contributed by atoms with E-state index in [2.05, 4.69) is 16.3 Å². The zero-order valence-corrected chi connectivity index (χ0v) is 12.2. The topological polar surface area (TPSA) is 82.2 Å². The summed E-state index contributed by atoms with van der Waals surface area (Å²) in [5.74, 6) is -0.0679. The first-order valence-corrected chi connectivity index (χ1v) is 7.47. The number of hydrogen-bond acceptors (Lipinski definition) is 4.